The molecule has 0 aromatic heterocycles. The second-order valence-corrected chi connectivity index (χ2v) is 6.11. The molecule has 1 aromatic carbocycles. The Balaban J connectivity index is 2.01. The van der Waals surface area contributed by atoms with E-state index in [1.54, 1.807) is 12.1 Å². The van der Waals surface area contributed by atoms with Gasteiger partial charge in [-0.05, 0) is 37.8 Å². The standard InChI is InChI=1S/C15H18ClNO2/c16-10-7-11-13(18)9-15(5-3-1-2-4-6-15)19-14(11)12(17)8-10/h7-8H,1-6,9,17H2. The average molecular weight is 280 g/mol. The maximum absolute atomic E-state index is 12.4. The topological polar surface area (TPSA) is 52.3 Å². The van der Waals surface area contributed by atoms with Crippen LogP contribution in [-0.2, 0) is 0 Å². The van der Waals surface area contributed by atoms with E-state index in [2.05, 4.69) is 0 Å². The van der Waals surface area contributed by atoms with Crippen molar-refractivity contribution in [3.63, 3.8) is 0 Å². The second kappa shape index (κ2) is 4.71. The number of Topliss-reactive ketones (excluding diaryl/α,β-unsaturated/α-hetero) is 1. The van der Waals surface area contributed by atoms with Crippen LogP contribution < -0.4 is 10.5 Å². The van der Waals surface area contributed by atoms with Gasteiger partial charge in [-0.15, -0.1) is 0 Å². The molecule has 1 heterocycles. The molecule has 1 spiro atoms. The molecule has 1 fully saturated rings. The summed E-state index contributed by atoms with van der Waals surface area (Å²) in [4.78, 5) is 12.4. The van der Waals surface area contributed by atoms with Crippen LogP contribution in [0.5, 0.6) is 5.75 Å². The number of carbonyl (C=O) groups excluding carboxylic acids is 1. The van der Waals surface area contributed by atoms with Gasteiger partial charge in [0, 0.05) is 5.02 Å². The van der Waals surface area contributed by atoms with Gasteiger partial charge in [-0.1, -0.05) is 24.4 Å². The van der Waals surface area contributed by atoms with Gasteiger partial charge in [0.2, 0.25) is 0 Å². The van der Waals surface area contributed by atoms with E-state index in [0.717, 1.165) is 25.7 Å². The molecule has 4 heteroatoms. The van der Waals surface area contributed by atoms with Crippen LogP contribution in [0.1, 0.15) is 55.3 Å². The largest absolute Gasteiger partial charge is 0.484 e. The van der Waals surface area contributed by atoms with E-state index >= 15 is 0 Å². The van der Waals surface area contributed by atoms with Crippen LogP contribution in [0.4, 0.5) is 5.69 Å². The quantitative estimate of drug-likeness (QED) is 0.731. The lowest BCUT2D eigenvalue weighted by Gasteiger charge is -2.38. The van der Waals surface area contributed by atoms with Crippen LogP contribution >= 0.6 is 11.6 Å². The van der Waals surface area contributed by atoms with E-state index in [1.165, 1.54) is 12.8 Å². The molecule has 3 rings (SSSR count). The van der Waals surface area contributed by atoms with Gasteiger partial charge in [0.05, 0.1) is 17.7 Å². The molecule has 0 amide bonds. The lowest BCUT2D eigenvalue weighted by atomic mass is 9.84. The molecule has 0 bridgehead atoms. The first-order valence-corrected chi connectivity index (χ1v) is 7.29. The number of ether oxygens (including phenoxy) is 1. The molecule has 1 aliphatic carbocycles. The molecule has 0 atom stereocenters. The molecule has 0 saturated heterocycles. The average Bonchev–Trinajstić information content (AvgIpc) is 2.57. The number of anilines is 1. The van der Waals surface area contributed by atoms with E-state index in [-0.39, 0.29) is 11.4 Å². The van der Waals surface area contributed by atoms with E-state index in [4.69, 9.17) is 22.1 Å². The Morgan fingerprint density at radius 2 is 1.84 bits per heavy atom. The fourth-order valence-electron chi connectivity index (χ4n) is 3.23. The Labute approximate surface area is 118 Å². The summed E-state index contributed by atoms with van der Waals surface area (Å²) in [6, 6.07) is 3.32. The van der Waals surface area contributed by atoms with E-state index in [0.29, 0.717) is 28.4 Å². The zero-order valence-corrected chi connectivity index (χ0v) is 11.6. The number of nitrogens with two attached hydrogens (primary N) is 1. The van der Waals surface area contributed by atoms with Crippen LogP contribution in [-0.4, -0.2) is 11.4 Å². The van der Waals surface area contributed by atoms with Crippen LogP contribution in [0.2, 0.25) is 5.02 Å². The molecule has 3 nitrogen and oxygen atoms in total. The van der Waals surface area contributed by atoms with Crippen molar-refractivity contribution < 1.29 is 9.53 Å². The first-order valence-electron chi connectivity index (χ1n) is 6.91. The molecule has 1 saturated carbocycles. The molecule has 0 unspecified atom stereocenters. The molecular weight excluding hydrogens is 262 g/mol. The minimum Gasteiger partial charge on any atom is -0.484 e. The van der Waals surface area contributed by atoms with Crippen molar-refractivity contribution >= 4 is 23.1 Å². The van der Waals surface area contributed by atoms with E-state index in [1.807, 2.05) is 0 Å². The Morgan fingerprint density at radius 1 is 1.16 bits per heavy atom. The minimum atomic E-state index is -0.331. The Morgan fingerprint density at radius 3 is 2.53 bits per heavy atom. The number of halogens is 1. The minimum absolute atomic E-state index is 0.109. The van der Waals surface area contributed by atoms with Crippen molar-refractivity contribution in [2.45, 2.75) is 50.5 Å². The summed E-state index contributed by atoms with van der Waals surface area (Å²) in [5.74, 6) is 0.653. The monoisotopic (exact) mass is 279 g/mol. The number of carbonyl (C=O) groups is 1. The maximum Gasteiger partial charge on any atom is 0.170 e. The first kappa shape index (κ1) is 12.8. The number of benzene rings is 1. The van der Waals surface area contributed by atoms with Gasteiger partial charge in [0.15, 0.2) is 11.5 Å². The lowest BCUT2D eigenvalue weighted by molar-refractivity contribution is 0.0304. The van der Waals surface area contributed by atoms with Gasteiger partial charge < -0.3 is 10.5 Å². The molecule has 2 N–H and O–H groups in total. The zero-order valence-electron chi connectivity index (χ0n) is 10.9. The Bertz CT molecular complexity index is 519. The molecule has 1 aromatic rings. The van der Waals surface area contributed by atoms with Crippen molar-refractivity contribution in [1.82, 2.24) is 0 Å². The number of hydrogen-bond donors (Lipinski definition) is 1. The molecule has 102 valence electrons. The highest BCUT2D eigenvalue weighted by atomic mass is 35.5. The number of fused-ring (bicyclic) bond motifs is 1. The third-order valence-corrected chi connectivity index (χ3v) is 4.42. The highest BCUT2D eigenvalue weighted by molar-refractivity contribution is 6.31. The third kappa shape index (κ3) is 2.32. The summed E-state index contributed by atoms with van der Waals surface area (Å²) < 4.78 is 6.19. The first-order chi connectivity index (χ1) is 9.10. The zero-order chi connectivity index (χ0) is 13.5. The van der Waals surface area contributed by atoms with Crippen LogP contribution in [0.25, 0.3) is 0 Å². The molecular formula is C15H18ClNO2. The number of hydrogen-bond acceptors (Lipinski definition) is 3. The van der Waals surface area contributed by atoms with Crippen molar-refractivity contribution in [2.24, 2.45) is 0 Å². The Hall–Kier alpha value is -1.22. The fraction of sp³-hybridized carbons (Fsp3) is 0.533. The van der Waals surface area contributed by atoms with Gasteiger partial charge in [0.25, 0.3) is 0 Å². The van der Waals surface area contributed by atoms with Gasteiger partial charge >= 0.3 is 0 Å². The summed E-state index contributed by atoms with van der Waals surface area (Å²) in [5, 5.41) is 0.491. The van der Waals surface area contributed by atoms with E-state index < -0.39 is 0 Å². The van der Waals surface area contributed by atoms with Crippen LogP contribution in [0, 0.1) is 0 Å². The normalized spacial score (nSPS) is 21.6. The number of nitrogen functional groups attached to an aromatic ring is 1. The second-order valence-electron chi connectivity index (χ2n) is 5.67. The highest BCUT2D eigenvalue weighted by Crippen LogP contribution is 2.44. The van der Waals surface area contributed by atoms with Gasteiger partial charge in [-0.2, -0.15) is 0 Å². The summed E-state index contributed by atoms with van der Waals surface area (Å²) in [5.41, 5.74) is 6.65. The van der Waals surface area contributed by atoms with Gasteiger partial charge in [-0.25, -0.2) is 0 Å². The van der Waals surface area contributed by atoms with Crippen molar-refractivity contribution in [3.05, 3.63) is 22.7 Å². The summed E-state index contributed by atoms with van der Waals surface area (Å²) in [6.07, 6.45) is 7.04. The maximum atomic E-state index is 12.4. The predicted molar refractivity (Wildman–Crippen MR) is 75.9 cm³/mol. The lowest BCUT2D eigenvalue weighted by Crippen LogP contribution is -2.41. The summed E-state index contributed by atoms with van der Waals surface area (Å²) in [7, 11) is 0. The SMILES string of the molecule is Nc1cc(Cl)cc2c1OC1(CCCCCC1)CC2=O. The molecule has 2 aliphatic rings. The van der Waals surface area contributed by atoms with Crippen LogP contribution in [0.15, 0.2) is 12.1 Å². The van der Waals surface area contributed by atoms with Crippen molar-refractivity contribution in [2.75, 3.05) is 5.73 Å². The highest BCUT2D eigenvalue weighted by Gasteiger charge is 2.41. The summed E-state index contributed by atoms with van der Waals surface area (Å²) >= 11 is 5.96. The van der Waals surface area contributed by atoms with Crippen LogP contribution in [0.3, 0.4) is 0 Å². The van der Waals surface area contributed by atoms with E-state index in [9.17, 15) is 4.79 Å². The fourth-order valence-corrected chi connectivity index (χ4v) is 3.45. The van der Waals surface area contributed by atoms with Gasteiger partial charge in [0.1, 0.15) is 5.60 Å². The molecule has 0 radical (unpaired) electrons. The number of ketones is 1. The van der Waals surface area contributed by atoms with Gasteiger partial charge in [-0.3, -0.25) is 4.79 Å². The smallest absolute Gasteiger partial charge is 0.170 e. The molecule has 19 heavy (non-hydrogen) atoms. The van der Waals surface area contributed by atoms with Crippen molar-refractivity contribution in [1.29, 1.82) is 0 Å². The summed E-state index contributed by atoms with van der Waals surface area (Å²) in [6.45, 7) is 0. The van der Waals surface area contributed by atoms with Crippen molar-refractivity contribution in [3.8, 4) is 5.75 Å². The predicted octanol–water partition coefficient (Wildman–Crippen LogP) is 3.98. The number of rotatable bonds is 0. The third-order valence-electron chi connectivity index (χ3n) is 4.20. The Kier molecular flexibility index (Phi) is 3.17. The molecule has 1 aliphatic heterocycles.